The van der Waals surface area contributed by atoms with E-state index in [1.165, 1.54) is 0 Å². The molecule has 10 heteroatoms. The Labute approximate surface area is 199 Å². The Hall–Kier alpha value is -3.15. The summed E-state index contributed by atoms with van der Waals surface area (Å²) in [5.74, 6) is 1.97. The first-order valence-electron chi connectivity index (χ1n) is 11.3. The van der Waals surface area contributed by atoms with Crippen LogP contribution in [0.3, 0.4) is 0 Å². The fraction of sp³-hybridized carbons (Fsp3) is 0.400. The van der Waals surface area contributed by atoms with Crippen LogP contribution in [-0.4, -0.2) is 77.4 Å². The quantitative estimate of drug-likeness (QED) is 0.407. The summed E-state index contributed by atoms with van der Waals surface area (Å²) in [4.78, 5) is 13.3. The van der Waals surface area contributed by atoms with Gasteiger partial charge in [0.2, 0.25) is 5.43 Å². The first-order valence-corrected chi connectivity index (χ1v) is 11.3. The van der Waals surface area contributed by atoms with Gasteiger partial charge in [-0.15, -0.1) is 0 Å². The SMILES string of the molecule is Cc1oc2cc(OC[C@@H]3O[C@@H](CO)[C@@H](O)[C@@H](O)[C@H]3O)ccc2c(=O)c1-c1ccc2c(c1)OCCO2. The molecule has 0 bridgehead atoms. The molecule has 10 nitrogen and oxygen atoms in total. The van der Waals surface area contributed by atoms with Gasteiger partial charge in [0.1, 0.15) is 67.4 Å². The molecule has 0 radical (unpaired) electrons. The normalized spacial score (nSPS) is 26.0. The zero-order chi connectivity index (χ0) is 24.7. The maximum atomic E-state index is 13.3. The molecule has 0 unspecified atom stereocenters. The molecule has 5 rings (SSSR count). The number of hydrogen-bond donors (Lipinski definition) is 4. The molecule has 1 aromatic heterocycles. The highest BCUT2D eigenvalue weighted by Crippen LogP contribution is 2.35. The summed E-state index contributed by atoms with van der Waals surface area (Å²) in [6.07, 6.45) is -6.31. The lowest BCUT2D eigenvalue weighted by Gasteiger charge is -2.39. The third-order valence-corrected chi connectivity index (χ3v) is 6.28. The van der Waals surface area contributed by atoms with Crippen LogP contribution < -0.4 is 19.6 Å². The van der Waals surface area contributed by atoms with Crippen LogP contribution in [0.2, 0.25) is 0 Å². The van der Waals surface area contributed by atoms with E-state index in [9.17, 15) is 25.2 Å². The van der Waals surface area contributed by atoms with E-state index in [1.54, 1.807) is 43.3 Å². The van der Waals surface area contributed by atoms with E-state index >= 15 is 0 Å². The molecule has 2 aromatic carbocycles. The monoisotopic (exact) mass is 486 g/mol. The molecule has 3 aromatic rings. The summed E-state index contributed by atoms with van der Waals surface area (Å²) in [6, 6.07) is 10.1. The molecule has 0 aliphatic carbocycles. The van der Waals surface area contributed by atoms with Crippen molar-refractivity contribution in [1.29, 1.82) is 0 Å². The molecular weight excluding hydrogens is 460 g/mol. The van der Waals surface area contributed by atoms with Crippen molar-refractivity contribution in [3.8, 4) is 28.4 Å². The van der Waals surface area contributed by atoms with Crippen molar-refractivity contribution in [3.63, 3.8) is 0 Å². The van der Waals surface area contributed by atoms with Crippen LogP contribution in [0.1, 0.15) is 5.76 Å². The van der Waals surface area contributed by atoms with Crippen molar-refractivity contribution < 1.29 is 43.8 Å². The number of aryl methyl sites for hydroxylation is 1. The van der Waals surface area contributed by atoms with E-state index in [1.807, 2.05) is 0 Å². The average Bonchev–Trinajstić information content (AvgIpc) is 2.86. The predicted octanol–water partition coefficient (Wildman–Crippen LogP) is 0.761. The Balaban J connectivity index is 1.39. The van der Waals surface area contributed by atoms with Crippen molar-refractivity contribution in [1.82, 2.24) is 0 Å². The van der Waals surface area contributed by atoms with Crippen molar-refractivity contribution in [2.45, 2.75) is 37.4 Å². The van der Waals surface area contributed by atoms with Gasteiger partial charge in [-0.05, 0) is 36.8 Å². The standard InChI is InChI=1S/C25H26O10/c1-12-21(13-2-5-16-18(8-13)32-7-6-31-16)22(27)15-4-3-14(9-17(15)34-12)33-11-20-24(29)25(30)23(28)19(10-26)35-20/h2-5,8-9,19-20,23-26,28-30H,6-7,10-11H2,1H3/t19-,20-,23+,24-,25+/m0/s1. The van der Waals surface area contributed by atoms with Crippen LogP contribution in [0.4, 0.5) is 0 Å². The number of rotatable bonds is 5. The van der Waals surface area contributed by atoms with Gasteiger partial charge >= 0.3 is 0 Å². The van der Waals surface area contributed by atoms with E-state index < -0.39 is 37.1 Å². The molecular formula is C25H26O10. The smallest absolute Gasteiger partial charge is 0.200 e. The van der Waals surface area contributed by atoms with Crippen molar-refractivity contribution in [2.24, 2.45) is 0 Å². The largest absolute Gasteiger partial charge is 0.491 e. The second-order valence-corrected chi connectivity index (χ2v) is 8.56. The van der Waals surface area contributed by atoms with Crippen LogP contribution in [0, 0.1) is 6.92 Å². The summed E-state index contributed by atoms with van der Waals surface area (Å²) in [5.41, 5.74) is 1.19. The van der Waals surface area contributed by atoms with E-state index in [2.05, 4.69) is 0 Å². The van der Waals surface area contributed by atoms with Gasteiger partial charge in [0.15, 0.2) is 11.5 Å². The summed E-state index contributed by atoms with van der Waals surface area (Å²) in [5, 5.41) is 39.7. The molecule has 4 N–H and O–H groups in total. The Bertz CT molecular complexity index is 1280. The van der Waals surface area contributed by atoms with Gasteiger partial charge in [-0.1, -0.05) is 6.07 Å². The maximum Gasteiger partial charge on any atom is 0.200 e. The molecule has 0 saturated carbocycles. The minimum absolute atomic E-state index is 0.161. The second-order valence-electron chi connectivity index (χ2n) is 8.56. The minimum atomic E-state index is -1.48. The number of hydrogen-bond acceptors (Lipinski definition) is 10. The minimum Gasteiger partial charge on any atom is -0.491 e. The third-order valence-electron chi connectivity index (χ3n) is 6.28. The summed E-state index contributed by atoms with van der Waals surface area (Å²) in [7, 11) is 0. The van der Waals surface area contributed by atoms with Gasteiger partial charge < -0.3 is 43.8 Å². The summed E-state index contributed by atoms with van der Waals surface area (Å²) >= 11 is 0. The lowest BCUT2D eigenvalue weighted by Crippen LogP contribution is -2.59. The first-order chi connectivity index (χ1) is 16.9. The lowest BCUT2D eigenvalue weighted by molar-refractivity contribution is -0.234. The Morgan fingerprint density at radius 3 is 2.46 bits per heavy atom. The van der Waals surface area contributed by atoms with Crippen LogP contribution in [0.5, 0.6) is 17.2 Å². The van der Waals surface area contributed by atoms with Gasteiger partial charge in [-0.2, -0.15) is 0 Å². The molecule has 1 saturated heterocycles. The molecule has 5 atom stereocenters. The zero-order valence-electron chi connectivity index (χ0n) is 18.9. The van der Waals surface area contributed by atoms with Gasteiger partial charge in [0.25, 0.3) is 0 Å². The predicted molar refractivity (Wildman–Crippen MR) is 123 cm³/mol. The molecule has 186 valence electrons. The van der Waals surface area contributed by atoms with Crippen LogP contribution >= 0.6 is 0 Å². The Morgan fingerprint density at radius 1 is 0.943 bits per heavy atom. The number of benzene rings is 2. The number of fused-ring (bicyclic) bond motifs is 2. The fourth-order valence-corrected chi connectivity index (χ4v) is 4.40. The lowest BCUT2D eigenvalue weighted by atomic mass is 9.95. The molecule has 2 aliphatic rings. The second kappa shape index (κ2) is 9.48. The number of aliphatic hydroxyl groups is 4. The van der Waals surface area contributed by atoms with Crippen LogP contribution in [0.15, 0.2) is 45.6 Å². The van der Waals surface area contributed by atoms with E-state index in [-0.39, 0.29) is 12.0 Å². The van der Waals surface area contributed by atoms with E-state index in [0.717, 1.165) is 0 Å². The number of ether oxygens (including phenoxy) is 4. The Kier molecular flexibility index (Phi) is 6.39. The van der Waals surface area contributed by atoms with Gasteiger partial charge in [0, 0.05) is 6.07 Å². The summed E-state index contributed by atoms with van der Waals surface area (Å²) in [6.45, 7) is 1.94. The average molecular weight is 486 g/mol. The molecule has 35 heavy (non-hydrogen) atoms. The molecule has 3 heterocycles. The number of aliphatic hydroxyl groups excluding tert-OH is 4. The van der Waals surface area contributed by atoms with E-state index in [4.69, 9.17) is 23.4 Å². The third kappa shape index (κ3) is 4.35. The summed E-state index contributed by atoms with van der Waals surface area (Å²) < 4.78 is 28.3. The van der Waals surface area contributed by atoms with Gasteiger partial charge in [-0.3, -0.25) is 4.79 Å². The zero-order valence-corrected chi connectivity index (χ0v) is 18.9. The van der Waals surface area contributed by atoms with Crippen LogP contribution in [-0.2, 0) is 4.74 Å². The van der Waals surface area contributed by atoms with Crippen LogP contribution in [0.25, 0.3) is 22.1 Å². The Morgan fingerprint density at radius 2 is 1.69 bits per heavy atom. The maximum absolute atomic E-state index is 13.3. The molecule has 0 amide bonds. The van der Waals surface area contributed by atoms with Gasteiger partial charge in [-0.25, -0.2) is 0 Å². The van der Waals surface area contributed by atoms with E-state index in [0.29, 0.717) is 58.3 Å². The fourth-order valence-electron chi connectivity index (χ4n) is 4.40. The van der Waals surface area contributed by atoms with Crippen molar-refractivity contribution >= 4 is 11.0 Å². The van der Waals surface area contributed by atoms with Crippen molar-refractivity contribution in [2.75, 3.05) is 26.4 Å². The molecule has 1 fully saturated rings. The topological polar surface area (TPSA) is 148 Å². The highest BCUT2D eigenvalue weighted by molar-refractivity contribution is 5.84. The van der Waals surface area contributed by atoms with Gasteiger partial charge in [0.05, 0.1) is 17.6 Å². The van der Waals surface area contributed by atoms with Crippen molar-refractivity contribution in [3.05, 3.63) is 52.4 Å². The first kappa shape index (κ1) is 23.6. The molecule has 2 aliphatic heterocycles. The highest BCUT2D eigenvalue weighted by atomic mass is 16.6. The highest BCUT2D eigenvalue weighted by Gasteiger charge is 2.43. The molecule has 0 spiro atoms.